The van der Waals surface area contributed by atoms with Gasteiger partial charge in [0.15, 0.2) is 0 Å². The lowest BCUT2D eigenvalue weighted by Gasteiger charge is -2.20. The number of carbonyl (C=O) groups excluding carboxylic acids is 2. The summed E-state index contributed by atoms with van der Waals surface area (Å²) in [5.41, 5.74) is 6.15. The van der Waals surface area contributed by atoms with Crippen LogP contribution in [0.2, 0.25) is 0 Å². The first-order valence-electron chi connectivity index (χ1n) is 6.91. The third-order valence-corrected chi connectivity index (χ3v) is 4.33. The maximum absolute atomic E-state index is 12.5. The third kappa shape index (κ3) is 2.37. The second-order valence-corrected chi connectivity index (χ2v) is 5.96. The molecule has 110 valence electrons. The number of urea groups is 1. The molecule has 3 amide bonds. The van der Waals surface area contributed by atoms with Crippen LogP contribution in [0.3, 0.4) is 0 Å². The Kier molecular flexibility index (Phi) is 3.36. The zero-order valence-electron chi connectivity index (χ0n) is 11.5. The van der Waals surface area contributed by atoms with Gasteiger partial charge in [-0.05, 0) is 30.5 Å². The molecule has 1 aliphatic heterocycles. The van der Waals surface area contributed by atoms with E-state index < -0.39 is 5.54 Å². The molecule has 1 saturated carbocycles. The fourth-order valence-electron chi connectivity index (χ4n) is 3.03. The Morgan fingerprint density at radius 3 is 2.81 bits per heavy atom. The van der Waals surface area contributed by atoms with E-state index in [1.54, 1.807) is 18.3 Å². The van der Waals surface area contributed by atoms with Crippen molar-refractivity contribution in [3.63, 3.8) is 0 Å². The average molecular weight is 304 g/mol. The molecule has 2 heterocycles. The van der Waals surface area contributed by atoms with Crippen LogP contribution in [0.5, 0.6) is 0 Å². The van der Waals surface area contributed by atoms with Gasteiger partial charge in [-0.25, -0.2) is 4.79 Å². The lowest BCUT2D eigenvalue weighted by atomic mass is 9.98. The second kappa shape index (κ2) is 5.07. The molecule has 0 atom stereocenters. The molecule has 1 aliphatic carbocycles. The molecule has 2 aliphatic rings. The highest BCUT2D eigenvalue weighted by Gasteiger charge is 2.52. The van der Waals surface area contributed by atoms with Crippen LogP contribution in [-0.4, -0.2) is 32.3 Å². The van der Waals surface area contributed by atoms with Crippen LogP contribution >= 0.6 is 12.2 Å². The van der Waals surface area contributed by atoms with Gasteiger partial charge in [0.05, 0.1) is 12.2 Å². The van der Waals surface area contributed by atoms with Gasteiger partial charge in [-0.3, -0.25) is 14.7 Å². The van der Waals surface area contributed by atoms with Crippen LogP contribution in [-0.2, 0) is 11.3 Å². The molecule has 21 heavy (non-hydrogen) atoms. The minimum Gasteiger partial charge on any atom is -0.388 e. The standard InChI is InChI=1S/C14H16N4O2S/c15-11(21)10-7-9(3-6-16-10)8-18-12(19)14(17-13(18)20)4-1-2-5-14/h3,6-7H,1-2,4-5,8H2,(H2,15,21)(H,17,20). The van der Waals surface area contributed by atoms with Crippen molar-refractivity contribution in [2.45, 2.75) is 37.8 Å². The predicted molar refractivity (Wildman–Crippen MR) is 80.4 cm³/mol. The van der Waals surface area contributed by atoms with Crippen LogP contribution in [0, 0.1) is 0 Å². The topological polar surface area (TPSA) is 88.3 Å². The largest absolute Gasteiger partial charge is 0.388 e. The summed E-state index contributed by atoms with van der Waals surface area (Å²) < 4.78 is 0. The van der Waals surface area contributed by atoms with E-state index in [-0.39, 0.29) is 23.5 Å². The quantitative estimate of drug-likeness (QED) is 0.644. The molecular formula is C14H16N4O2S. The molecule has 0 unspecified atom stereocenters. The van der Waals surface area contributed by atoms with E-state index in [0.717, 1.165) is 31.2 Å². The molecule has 7 heteroatoms. The highest BCUT2D eigenvalue weighted by molar-refractivity contribution is 7.80. The summed E-state index contributed by atoms with van der Waals surface area (Å²) in [5.74, 6) is -0.126. The molecule has 1 spiro atoms. The van der Waals surface area contributed by atoms with E-state index in [2.05, 4.69) is 10.3 Å². The SMILES string of the molecule is NC(=S)c1cc(CN2C(=O)NC3(CCCC3)C2=O)ccn1. The molecule has 0 radical (unpaired) electrons. The van der Waals surface area contributed by atoms with Crippen LogP contribution in [0.1, 0.15) is 36.9 Å². The van der Waals surface area contributed by atoms with Gasteiger partial charge in [0, 0.05) is 6.20 Å². The summed E-state index contributed by atoms with van der Waals surface area (Å²) in [7, 11) is 0. The number of pyridine rings is 1. The number of nitrogens with two attached hydrogens (primary N) is 1. The lowest BCUT2D eigenvalue weighted by molar-refractivity contribution is -0.131. The van der Waals surface area contributed by atoms with Crippen LogP contribution in [0.25, 0.3) is 0 Å². The van der Waals surface area contributed by atoms with Gasteiger partial charge in [-0.15, -0.1) is 0 Å². The van der Waals surface area contributed by atoms with Crippen molar-refractivity contribution < 1.29 is 9.59 Å². The van der Waals surface area contributed by atoms with Crippen molar-refractivity contribution in [1.29, 1.82) is 0 Å². The van der Waals surface area contributed by atoms with Gasteiger partial charge in [0.25, 0.3) is 5.91 Å². The first kappa shape index (κ1) is 13.9. The third-order valence-electron chi connectivity index (χ3n) is 4.12. The van der Waals surface area contributed by atoms with E-state index in [4.69, 9.17) is 18.0 Å². The summed E-state index contributed by atoms with van der Waals surface area (Å²) in [6.45, 7) is 0.213. The minimum atomic E-state index is -0.671. The molecule has 1 aromatic heterocycles. The van der Waals surface area contributed by atoms with E-state index in [0.29, 0.717) is 5.69 Å². The van der Waals surface area contributed by atoms with Crippen molar-refractivity contribution in [3.05, 3.63) is 29.6 Å². The zero-order valence-corrected chi connectivity index (χ0v) is 12.3. The highest BCUT2D eigenvalue weighted by Crippen LogP contribution is 2.35. The van der Waals surface area contributed by atoms with Crippen LogP contribution in [0.4, 0.5) is 4.79 Å². The molecule has 1 aromatic rings. The molecule has 3 N–H and O–H groups in total. The Morgan fingerprint density at radius 2 is 2.14 bits per heavy atom. The van der Waals surface area contributed by atoms with Gasteiger partial charge < -0.3 is 11.1 Å². The Bertz CT molecular complexity index is 625. The molecular weight excluding hydrogens is 288 g/mol. The van der Waals surface area contributed by atoms with Crippen molar-refractivity contribution in [2.75, 3.05) is 0 Å². The number of amides is 3. The number of aromatic nitrogens is 1. The summed E-state index contributed by atoms with van der Waals surface area (Å²) in [6, 6.07) is 3.14. The monoisotopic (exact) mass is 304 g/mol. The van der Waals surface area contributed by atoms with Crippen LogP contribution < -0.4 is 11.1 Å². The fraction of sp³-hybridized carbons (Fsp3) is 0.429. The smallest absolute Gasteiger partial charge is 0.325 e. The highest BCUT2D eigenvalue weighted by atomic mass is 32.1. The molecule has 6 nitrogen and oxygen atoms in total. The van der Waals surface area contributed by atoms with Crippen molar-refractivity contribution in [3.8, 4) is 0 Å². The zero-order chi connectivity index (χ0) is 15.0. The number of thiocarbonyl (C=S) groups is 1. The fourth-order valence-corrected chi connectivity index (χ4v) is 3.14. The predicted octanol–water partition coefficient (Wildman–Crippen LogP) is 1.08. The molecule has 0 bridgehead atoms. The average Bonchev–Trinajstić information content (AvgIpc) is 3.01. The minimum absolute atomic E-state index is 0.126. The number of carbonyl (C=O) groups is 2. The maximum atomic E-state index is 12.5. The molecule has 1 saturated heterocycles. The van der Waals surface area contributed by atoms with Gasteiger partial charge in [-0.2, -0.15) is 0 Å². The summed E-state index contributed by atoms with van der Waals surface area (Å²) in [4.78, 5) is 30.2. The molecule has 2 fully saturated rings. The summed E-state index contributed by atoms with van der Waals surface area (Å²) >= 11 is 4.89. The number of hydrogen-bond donors (Lipinski definition) is 2. The van der Waals surface area contributed by atoms with Crippen molar-refractivity contribution in [2.24, 2.45) is 5.73 Å². The summed E-state index contributed by atoms with van der Waals surface area (Å²) in [6.07, 6.45) is 4.97. The van der Waals surface area contributed by atoms with E-state index in [9.17, 15) is 9.59 Å². The molecule has 3 rings (SSSR count). The van der Waals surface area contributed by atoms with Crippen LogP contribution in [0.15, 0.2) is 18.3 Å². The first-order valence-corrected chi connectivity index (χ1v) is 7.31. The Balaban J connectivity index is 1.82. The Hall–Kier alpha value is -2.02. The second-order valence-electron chi connectivity index (χ2n) is 5.52. The van der Waals surface area contributed by atoms with Gasteiger partial charge in [-0.1, -0.05) is 25.1 Å². The summed E-state index contributed by atoms with van der Waals surface area (Å²) in [5, 5.41) is 2.86. The van der Waals surface area contributed by atoms with E-state index >= 15 is 0 Å². The van der Waals surface area contributed by atoms with Crippen molar-refractivity contribution >= 4 is 29.1 Å². The van der Waals surface area contributed by atoms with Crippen molar-refractivity contribution in [1.82, 2.24) is 15.2 Å². The van der Waals surface area contributed by atoms with Gasteiger partial charge in [0.2, 0.25) is 0 Å². The number of nitrogens with one attached hydrogen (secondary N) is 1. The number of hydrogen-bond acceptors (Lipinski definition) is 4. The number of imide groups is 1. The lowest BCUT2D eigenvalue weighted by Crippen LogP contribution is -2.44. The van der Waals surface area contributed by atoms with E-state index in [1.165, 1.54) is 4.90 Å². The van der Waals surface area contributed by atoms with Gasteiger partial charge in [0.1, 0.15) is 10.5 Å². The first-order chi connectivity index (χ1) is 10.0. The Labute approximate surface area is 127 Å². The normalized spacial score (nSPS) is 20.1. The maximum Gasteiger partial charge on any atom is 0.325 e. The van der Waals surface area contributed by atoms with Gasteiger partial charge >= 0.3 is 6.03 Å². The number of nitrogens with zero attached hydrogens (tertiary/aromatic N) is 2. The molecule has 0 aromatic carbocycles. The Morgan fingerprint density at radius 1 is 1.43 bits per heavy atom. The number of rotatable bonds is 3. The van der Waals surface area contributed by atoms with E-state index in [1.807, 2.05) is 0 Å².